The molecule has 1 unspecified atom stereocenters. The molecule has 0 radical (unpaired) electrons. The number of ketones is 1. The number of benzene rings is 2. The zero-order valence-corrected chi connectivity index (χ0v) is 19.0. The second-order valence-electron chi connectivity index (χ2n) is 7.74. The molecule has 0 spiro atoms. The van der Waals surface area contributed by atoms with Crippen LogP contribution >= 0.6 is 15.9 Å². The van der Waals surface area contributed by atoms with E-state index in [1.54, 1.807) is 48.5 Å². The summed E-state index contributed by atoms with van der Waals surface area (Å²) in [7, 11) is 0. The van der Waals surface area contributed by atoms with E-state index in [9.17, 15) is 19.5 Å². The molecule has 9 heteroatoms. The number of carbonyl (C=O) groups is 3. The summed E-state index contributed by atoms with van der Waals surface area (Å²) >= 11 is 3.38. The van der Waals surface area contributed by atoms with E-state index < -0.39 is 29.5 Å². The van der Waals surface area contributed by atoms with Crippen LogP contribution in [0.15, 0.2) is 91.6 Å². The summed E-state index contributed by atoms with van der Waals surface area (Å²) in [6.07, 6.45) is 1.41. The number of carboxylic acids is 1. The van der Waals surface area contributed by atoms with Crippen molar-refractivity contribution in [2.75, 3.05) is 0 Å². The first-order valence-electron chi connectivity index (χ1n) is 10.2. The van der Waals surface area contributed by atoms with Gasteiger partial charge in [0.15, 0.2) is 11.5 Å². The van der Waals surface area contributed by atoms with E-state index in [1.807, 2.05) is 0 Å². The fourth-order valence-corrected chi connectivity index (χ4v) is 4.38. The molecule has 0 saturated heterocycles. The predicted octanol–water partition coefficient (Wildman–Crippen LogP) is 5.27. The molecular formula is C25H16BrNO7. The molecule has 1 atom stereocenters. The maximum absolute atomic E-state index is 13.5. The average Bonchev–Trinajstić information content (AvgIpc) is 3.54. The smallest absolute Gasteiger partial charge is 0.335 e. The monoisotopic (exact) mass is 521 g/mol. The van der Waals surface area contributed by atoms with Crippen LogP contribution in [0.25, 0.3) is 11.0 Å². The van der Waals surface area contributed by atoms with Crippen LogP contribution in [0.4, 0.5) is 0 Å². The van der Waals surface area contributed by atoms with Gasteiger partial charge in [0, 0.05) is 16.4 Å². The number of hydrogen-bond donors (Lipinski definition) is 2. The zero-order chi connectivity index (χ0) is 24.0. The molecule has 1 aliphatic rings. The van der Waals surface area contributed by atoms with Crippen molar-refractivity contribution in [3.05, 3.63) is 105 Å². The third kappa shape index (κ3) is 3.69. The number of aromatic carboxylic acids is 1. The predicted molar refractivity (Wildman–Crippen MR) is 123 cm³/mol. The number of hydrogen-bond acceptors (Lipinski definition) is 6. The number of nitrogens with zero attached hydrogens (tertiary/aromatic N) is 1. The standard InChI is InChI=1S/C25H16BrNO7/c26-16-7-8-17-15(10-16)11-19(34-17)22(28)20-21(18-2-1-9-33-18)27(24(30)23(20)29)12-13-3-5-14(6-4-13)25(31)32/h1-11,21,29H,12H2,(H,31,32). The van der Waals surface area contributed by atoms with Crippen LogP contribution in [0.1, 0.15) is 38.3 Å². The molecule has 0 aliphatic carbocycles. The van der Waals surface area contributed by atoms with Crippen molar-refractivity contribution in [2.45, 2.75) is 12.6 Å². The van der Waals surface area contributed by atoms with Crippen molar-refractivity contribution in [3.8, 4) is 0 Å². The summed E-state index contributed by atoms with van der Waals surface area (Å²) in [6.45, 7) is 0.0119. The topological polar surface area (TPSA) is 121 Å². The molecule has 1 amide bonds. The Bertz CT molecular complexity index is 1460. The Labute approximate surface area is 200 Å². The van der Waals surface area contributed by atoms with Crippen LogP contribution < -0.4 is 0 Å². The highest BCUT2D eigenvalue weighted by Crippen LogP contribution is 2.40. The number of carbonyl (C=O) groups excluding carboxylic acids is 2. The van der Waals surface area contributed by atoms with Crippen LogP contribution in [0.3, 0.4) is 0 Å². The molecule has 170 valence electrons. The lowest BCUT2D eigenvalue weighted by molar-refractivity contribution is -0.130. The molecule has 2 N–H and O–H groups in total. The summed E-state index contributed by atoms with van der Waals surface area (Å²) in [5, 5.41) is 20.5. The Morgan fingerprint density at radius 2 is 1.82 bits per heavy atom. The first-order chi connectivity index (χ1) is 16.3. The van der Waals surface area contributed by atoms with Crippen molar-refractivity contribution >= 4 is 44.6 Å². The molecule has 1 aliphatic heterocycles. The largest absolute Gasteiger partial charge is 0.503 e. The fourth-order valence-electron chi connectivity index (χ4n) is 4.00. The van der Waals surface area contributed by atoms with Gasteiger partial charge in [-0.1, -0.05) is 28.1 Å². The minimum atomic E-state index is -1.07. The molecule has 0 fully saturated rings. The minimum Gasteiger partial charge on any atom is -0.503 e. The Morgan fingerprint density at radius 1 is 1.06 bits per heavy atom. The molecule has 8 nitrogen and oxygen atoms in total. The summed E-state index contributed by atoms with van der Waals surface area (Å²) < 4.78 is 12.0. The van der Waals surface area contributed by atoms with Gasteiger partial charge >= 0.3 is 5.97 Å². The fraction of sp³-hybridized carbons (Fsp3) is 0.0800. The molecule has 34 heavy (non-hydrogen) atoms. The number of rotatable bonds is 6. The molecule has 0 bridgehead atoms. The van der Waals surface area contributed by atoms with Crippen LogP contribution in [0.2, 0.25) is 0 Å². The van der Waals surface area contributed by atoms with Crippen LogP contribution in [-0.4, -0.2) is 32.8 Å². The summed E-state index contributed by atoms with van der Waals surface area (Å²) in [6, 6.07) is 15.1. The lowest BCUT2D eigenvalue weighted by Gasteiger charge is -2.24. The normalized spacial score (nSPS) is 16.0. The Hall–Kier alpha value is -4.11. The van der Waals surface area contributed by atoms with Gasteiger partial charge < -0.3 is 23.9 Å². The number of furan rings is 2. The minimum absolute atomic E-state index is 0.0119. The van der Waals surface area contributed by atoms with Gasteiger partial charge in [-0.2, -0.15) is 0 Å². The van der Waals surface area contributed by atoms with Gasteiger partial charge in [-0.25, -0.2) is 4.79 Å². The molecule has 5 rings (SSSR count). The Balaban J connectivity index is 1.53. The Morgan fingerprint density at radius 3 is 2.50 bits per heavy atom. The van der Waals surface area contributed by atoms with Crippen molar-refractivity contribution in [1.29, 1.82) is 0 Å². The second kappa shape index (κ2) is 8.35. The molecular weight excluding hydrogens is 506 g/mol. The lowest BCUT2D eigenvalue weighted by atomic mass is 9.99. The van der Waals surface area contributed by atoms with E-state index in [0.29, 0.717) is 22.3 Å². The van der Waals surface area contributed by atoms with Crippen LogP contribution in [-0.2, 0) is 11.3 Å². The highest BCUT2D eigenvalue weighted by atomic mass is 79.9. The highest BCUT2D eigenvalue weighted by molar-refractivity contribution is 9.10. The molecule has 3 heterocycles. The molecule has 0 saturated carbocycles. The third-order valence-electron chi connectivity index (χ3n) is 5.62. The van der Waals surface area contributed by atoms with E-state index in [1.165, 1.54) is 23.3 Å². The van der Waals surface area contributed by atoms with Crippen LogP contribution in [0.5, 0.6) is 0 Å². The zero-order valence-electron chi connectivity index (χ0n) is 17.4. The first kappa shape index (κ1) is 21.7. The summed E-state index contributed by atoms with van der Waals surface area (Å²) in [5.74, 6) is -2.86. The van der Waals surface area contributed by atoms with Gasteiger partial charge in [0.05, 0.1) is 17.4 Å². The van der Waals surface area contributed by atoms with Gasteiger partial charge in [0.2, 0.25) is 5.78 Å². The summed E-state index contributed by atoms with van der Waals surface area (Å²) in [4.78, 5) is 38.9. The van der Waals surface area contributed by atoms with Crippen molar-refractivity contribution in [3.63, 3.8) is 0 Å². The lowest BCUT2D eigenvalue weighted by Crippen LogP contribution is -2.30. The van der Waals surface area contributed by atoms with Crippen molar-refractivity contribution in [2.24, 2.45) is 0 Å². The van der Waals surface area contributed by atoms with Gasteiger partial charge in [-0.3, -0.25) is 9.59 Å². The number of aliphatic hydroxyl groups is 1. The van der Waals surface area contributed by atoms with E-state index >= 15 is 0 Å². The SMILES string of the molecule is O=C(O)c1ccc(CN2C(=O)C(O)=C(C(=O)c3cc4cc(Br)ccc4o3)C2c2ccco2)cc1. The van der Waals surface area contributed by atoms with Gasteiger partial charge in [0.1, 0.15) is 17.4 Å². The molecule has 4 aromatic rings. The van der Waals surface area contributed by atoms with Crippen LogP contribution in [0, 0.1) is 0 Å². The maximum Gasteiger partial charge on any atom is 0.335 e. The second-order valence-corrected chi connectivity index (χ2v) is 8.65. The van der Waals surface area contributed by atoms with E-state index in [2.05, 4.69) is 15.9 Å². The first-order valence-corrected chi connectivity index (χ1v) is 11.0. The molecule has 2 aromatic heterocycles. The number of fused-ring (bicyclic) bond motifs is 1. The van der Waals surface area contributed by atoms with E-state index in [4.69, 9.17) is 13.9 Å². The van der Waals surface area contributed by atoms with Crippen molar-refractivity contribution in [1.82, 2.24) is 4.90 Å². The number of halogens is 1. The number of aliphatic hydroxyl groups excluding tert-OH is 1. The van der Waals surface area contributed by atoms with E-state index in [-0.39, 0.29) is 23.4 Å². The number of Topliss-reactive ketones (excluding diaryl/α,β-unsaturated/α-hetero) is 1. The maximum atomic E-state index is 13.5. The Kier molecular flexibility index (Phi) is 5.33. The van der Waals surface area contributed by atoms with Crippen molar-refractivity contribution < 1.29 is 33.4 Å². The van der Waals surface area contributed by atoms with E-state index in [0.717, 1.165) is 4.47 Å². The third-order valence-corrected chi connectivity index (χ3v) is 6.11. The van der Waals surface area contributed by atoms with Gasteiger partial charge in [0.25, 0.3) is 5.91 Å². The molecule has 2 aromatic carbocycles. The van der Waals surface area contributed by atoms with Gasteiger partial charge in [-0.15, -0.1) is 0 Å². The van der Waals surface area contributed by atoms with Gasteiger partial charge in [-0.05, 0) is 54.1 Å². The number of carboxylic acid groups (broad SMARTS) is 1. The average molecular weight is 522 g/mol. The quantitative estimate of drug-likeness (QED) is 0.331. The number of amides is 1. The summed E-state index contributed by atoms with van der Waals surface area (Å²) in [5.41, 5.74) is 1.05. The highest BCUT2D eigenvalue weighted by Gasteiger charge is 2.46.